The van der Waals surface area contributed by atoms with Gasteiger partial charge < -0.3 is 36.8 Å². The van der Waals surface area contributed by atoms with Gasteiger partial charge in [-0.05, 0) is 59.7 Å². The fraction of sp³-hybridized carbons (Fsp3) is 0.240. The molecule has 0 saturated heterocycles. The van der Waals surface area contributed by atoms with E-state index < -0.39 is 0 Å². The molecule has 6 N–H and O–H groups in total. The first kappa shape index (κ1) is 22.6. The maximum absolute atomic E-state index is 6.30. The quantitative estimate of drug-likeness (QED) is 0.441. The van der Waals surface area contributed by atoms with Crippen molar-refractivity contribution in [2.24, 2.45) is 11.5 Å². The van der Waals surface area contributed by atoms with E-state index in [1.807, 2.05) is 94.0 Å². The molecule has 2 atom stereocenters. The summed E-state index contributed by atoms with van der Waals surface area (Å²) in [5.74, 6) is 1.38. The summed E-state index contributed by atoms with van der Waals surface area (Å²) in [6, 6.07) is 11.8. The predicted molar refractivity (Wildman–Crippen MR) is 143 cm³/mol. The first-order valence-electron chi connectivity index (χ1n) is 11.4. The van der Waals surface area contributed by atoms with Crippen LogP contribution in [0.2, 0.25) is 0 Å². The maximum Gasteiger partial charge on any atom is 0.233 e. The van der Waals surface area contributed by atoms with E-state index in [4.69, 9.17) is 11.5 Å². The summed E-state index contributed by atoms with van der Waals surface area (Å²) in [6.45, 7) is 0. The van der Waals surface area contributed by atoms with Crippen molar-refractivity contribution in [3.8, 4) is 0 Å². The van der Waals surface area contributed by atoms with Crippen LogP contribution in [0.15, 0.2) is 61.0 Å². The normalized spacial score (nSPS) is 18.2. The summed E-state index contributed by atoms with van der Waals surface area (Å²) in [5, 5.41) is 6.62. The number of fused-ring (bicyclic) bond motifs is 2. The van der Waals surface area contributed by atoms with Crippen LogP contribution in [0.5, 0.6) is 0 Å². The number of aromatic nitrogens is 3. The van der Waals surface area contributed by atoms with Crippen molar-refractivity contribution < 1.29 is 0 Å². The Morgan fingerprint density at radius 1 is 0.743 bits per heavy atom. The van der Waals surface area contributed by atoms with E-state index in [2.05, 4.69) is 35.4 Å². The van der Waals surface area contributed by atoms with Gasteiger partial charge in [-0.2, -0.15) is 15.0 Å². The van der Waals surface area contributed by atoms with Crippen LogP contribution < -0.4 is 36.8 Å². The van der Waals surface area contributed by atoms with Crippen LogP contribution >= 0.6 is 0 Å². The van der Waals surface area contributed by atoms with Gasteiger partial charge >= 0.3 is 0 Å². The van der Waals surface area contributed by atoms with Gasteiger partial charge in [0.25, 0.3) is 0 Å². The Labute approximate surface area is 205 Å². The van der Waals surface area contributed by atoms with Gasteiger partial charge in [-0.1, -0.05) is 0 Å². The molecule has 2 unspecified atom stereocenters. The van der Waals surface area contributed by atoms with Crippen molar-refractivity contribution in [3.05, 3.63) is 72.1 Å². The van der Waals surface area contributed by atoms with Crippen molar-refractivity contribution in [1.29, 1.82) is 0 Å². The van der Waals surface area contributed by atoms with Crippen LogP contribution in [0.1, 0.15) is 23.2 Å². The number of nitrogens with two attached hydrogens (primary N) is 2. The molecule has 2 aliphatic rings. The highest BCUT2D eigenvalue weighted by molar-refractivity contribution is 5.70. The standard InChI is InChI=1S/C25H30N10/c1-33(2)25-31-23(28-15-5-7-21-17(13-15)19(26)9-11-34(21)3)30-24(32-25)29-16-6-8-22-18(14-16)20(27)10-12-35(22)4/h5-14,19-20H,26-27H2,1-4H3,(H2,28,29,30,31,32). The Hall–Kier alpha value is -4.15. The second kappa shape index (κ2) is 8.90. The van der Waals surface area contributed by atoms with Gasteiger partial charge in [0.2, 0.25) is 17.8 Å². The van der Waals surface area contributed by atoms with Gasteiger partial charge in [-0.25, -0.2) is 0 Å². The van der Waals surface area contributed by atoms with E-state index in [-0.39, 0.29) is 12.1 Å². The molecule has 0 fully saturated rings. The van der Waals surface area contributed by atoms with E-state index in [9.17, 15) is 0 Å². The Morgan fingerprint density at radius 2 is 1.20 bits per heavy atom. The summed E-state index contributed by atoms with van der Waals surface area (Å²) in [4.78, 5) is 19.7. The molecule has 35 heavy (non-hydrogen) atoms. The first-order chi connectivity index (χ1) is 16.8. The van der Waals surface area contributed by atoms with Crippen molar-refractivity contribution in [1.82, 2.24) is 15.0 Å². The maximum atomic E-state index is 6.30. The predicted octanol–water partition coefficient (Wildman–Crippen LogP) is 3.35. The highest BCUT2D eigenvalue weighted by Crippen LogP contribution is 2.34. The molecule has 3 aromatic rings. The molecule has 0 amide bonds. The molecule has 5 rings (SSSR count). The van der Waals surface area contributed by atoms with Crippen LogP contribution in [-0.4, -0.2) is 43.1 Å². The zero-order chi connectivity index (χ0) is 24.7. The smallest absolute Gasteiger partial charge is 0.233 e. The molecule has 0 aliphatic carbocycles. The van der Waals surface area contributed by atoms with Gasteiger partial charge in [-0.15, -0.1) is 0 Å². The molecule has 0 bridgehead atoms. The van der Waals surface area contributed by atoms with E-state index >= 15 is 0 Å². The number of nitrogens with zero attached hydrogens (tertiary/aromatic N) is 6. The number of nitrogens with one attached hydrogen (secondary N) is 2. The third kappa shape index (κ3) is 4.48. The molecular formula is C25H30N10. The molecule has 2 aliphatic heterocycles. The van der Waals surface area contributed by atoms with E-state index in [1.165, 1.54) is 0 Å². The fourth-order valence-electron chi connectivity index (χ4n) is 4.19. The van der Waals surface area contributed by atoms with Crippen molar-refractivity contribution in [2.75, 3.05) is 53.5 Å². The summed E-state index contributed by atoms with van der Waals surface area (Å²) >= 11 is 0. The molecule has 2 aromatic carbocycles. The summed E-state index contributed by atoms with van der Waals surface area (Å²) in [5.41, 5.74) is 18.5. The topological polar surface area (TPSA) is 124 Å². The lowest BCUT2D eigenvalue weighted by molar-refractivity contribution is 0.876. The van der Waals surface area contributed by atoms with E-state index in [1.54, 1.807) is 0 Å². The first-order valence-corrected chi connectivity index (χ1v) is 11.4. The average molecular weight is 471 g/mol. The van der Waals surface area contributed by atoms with E-state index in [0.717, 1.165) is 33.9 Å². The molecule has 10 heteroatoms. The molecule has 0 saturated carbocycles. The Morgan fingerprint density at radius 3 is 1.63 bits per heavy atom. The van der Waals surface area contributed by atoms with Crippen molar-refractivity contribution >= 4 is 40.6 Å². The number of anilines is 7. The zero-order valence-corrected chi connectivity index (χ0v) is 20.3. The van der Waals surface area contributed by atoms with Gasteiger partial charge in [-0.3, -0.25) is 0 Å². The summed E-state index contributed by atoms with van der Waals surface area (Å²) in [6.07, 6.45) is 7.91. The van der Waals surface area contributed by atoms with Gasteiger partial charge in [0.1, 0.15) is 0 Å². The van der Waals surface area contributed by atoms with Crippen molar-refractivity contribution in [2.45, 2.75) is 12.1 Å². The SMILES string of the molecule is CN(C)c1nc(Nc2ccc3c(c2)C(N)C=CN3C)nc(Nc2ccc3c(c2)C(N)C=CN3C)n1. The molecule has 1 aromatic heterocycles. The highest BCUT2D eigenvalue weighted by atomic mass is 15.3. The lowest BCUT2D eigenvalue weighted by Gasteiger charge is -2.26. The molecule has 180 valence electrons. The summed E-state index contributed by atoms with van der Waals surface area (Å²) < 4.78 is 0. The number of hydrogen-bond acceptors (Lipinski definition) is 10. The van der Waals surface area contributed by atoms with Gasteiger partial charge in [0.05, 0.1) is 12.1 Å². The Bertz CT molecular complexity index is 1220. The minimum atomic E-state index is -0.167. The fourth-order valence-corrected chi connectivity index (χ4v) is 4.19. The third-order valence-corrected chi connectivity index (χ3v) is 6.10. The van der Waals surface area contributed by atoms with Gasteiger partial charge in [0.15, 0.2) is 0 Å². The molecule has 0 radical (unpaired) electrons. The average Bonchev–Trinajstić information content (AvgIpc) is 2.84. The Kier molecular flexibility index (Phi) is 5.75. The van der Waals surface area contributed by atoms with Crippen LogP contribution in [0.3, 0.4) is 0 Å². The largest absolute Gasteiger partial charge is 0.351 e. The Balaban J connectivity index is 1.44. The second-order valence-corrected chi connectivity index (χ2v) is 8.93. The van der Waals surface area contributed by atoms with E-state index in [0.29, 0.717) is 17.8 Å². The number of hydrogen-bond donors (Lipinski definition) is 4. The molecule has 3 heterocycles. The lowest BCUT2D eigenvalue weighted by atomic mass is 10.0. The number of benzene rings is 2. The van der Waals surface area contributed by atoms with Crippen LogP contribution in [0.25, 0.3) is 0 Å². The van der Waals surface area contributed by atoms with Crippen LogP contribution in [0, 0.1) is 0 Å². The van der Waals surface area contributed by atoms with Crippen LogP contribution in [0.4, 0.5) is 40.6 Å². The molecule has 10 nitrogen and oxygen atoms in total. The monoisotopic (exact) mass is 470 g/mol. The number of rotatable bonds is 5. The van der Waals surface area contributed by atoms with Gasteiger partial charge in [0, 0.05) is 63.3 Å². The minimum Gasteiger partial charge on any atom is -0.351 e. The minimum absolute atomic E-state index is 0.167. The highest BCUT2D eigenvalue weighted by Gasteiger charge is 2.19. The summed E-state index contributed by atoms with van der Waals surface area (Å²) in [7, 11) is 7.79. The lowest BCUT2D eigenvalue weighted by Crippen LogP contribution is -2.21. The van der Waals surface area contributed by atoms with Crippen LogP contribution in [-0.2, 0) is 0 Å². The molecule has 0 spiro atoms. The second-order valence-electron chi connectivity index (χ2n) is 8.93. The molecular weight excluding hydrogens is 440 g/mol. The third-order valence-electron chi connectivity index (χ3n) is 6.10. The zero-order valence-electron chi connectivity index (χ0n) is 20.3. The van der Waals surface area contributed by atoms with Crippen molar-refractivity contribution in [3.63, 3.8) is 0 Å².